The summed E-state index contributed by atoms with van der Waals surface area (Å²) in [4.78, 5) is 0. The highest BCUT2D eigenvalue weighted by Crippen LogP contribution is 2.21. The van der Waals surface area contributed by atoms with Crippen LogP contribution in [-0.2, 0) is 0 Å². The Balaban J connectivity index is 2.16. The molecule has 0 fully saturated rings. The van der Waals surface area contributed by atoms with E-state index in [1.165, 1.54) is 0 Å². The fourth-order valence-electron chi connectivity index (χ4n) is 1.15. The van der Waals surface area contributed by atoms with E-state index in [4.69, 9.17) is 0 Å². The van der Waals surface area contributed by atoms with Gasteiger partial charge in [0.2, 0.25) is 0 Å². The zero-order valence-electron chi connectivity index (χ0n) is 7.22. The highest BCUT2D eigenvalue weighted by molar-refractivity contribution is 5.28. The summed E-state index contributed by atoms with van der Waals surface area (Å²) in [5.74, 6) is 1.99. The van der Waals surface area contributed by atoms with E-state index in [0.29, 0.717) is 0 Å². The van der Waals surface area contributed by atoms with E-state index in [1.807, 2.05) is 60.7 Å². The normalized spacial score (nSPS) is 9.54. The van der Waals surface area contributed by atoms with Crippen LogP contribution in [0, 0.1) is 0 Å². The number of benzene rings is 2. The van der Waals surface area contributed by atoms with Crippen molar-refractivity contribution < 1.29 is 4.74 Å². The average molecular weight is 171 g/mol. The Morgan fingerprint density at radius 1 is 0.538 bits per heavy atom. The summed E-state index contributed by atoms with van der Waals surface area (Å²) in [6.07, 6.45) is 0. The van der Waals surface area contributed by atoms with Crippen LogP contribution < -0.4 is 0 Å². The molecule has 0 amide bonds. The van der Waals surface area contributed by atoms with E-state index in [1.54, 1.807) is 0 Å². The monoisotopic (exact) mass is 171 g/mol. The van der Waals surface area contributed by atoms with Crippen LogP contribution in [0.1, 0.15) is 0 Å². The van der Waals surface area contributed by atoms with Gasteiger partial charge in [0.05, 0.1) is 0 Å². The van der Waals surface area contributed by atoms with Gasteiger partial charge in [0.25, 0.3) is 11.5 Å². The van der Waals surface area contributed by atoms with Crippen LogP contribution in [0.2, 0.25) is 0 Å². The van der Waals surface area contributed by atoms with Gasteiger partial charge in [0.1, 0.15) is 0 Å². The summed E-state index contributed by atoms with van der Waals surface area (Å²) >= 11 is 0. The standard InChI is InChI=1S/C12H10O/c1-3-7-11(8-4-1)13-12-9-5-2-6-10-12/h1-10H/p+1. The van der Waals surface area contributed by atoms with Crippen LogP contribution in [0.4, 0.5) is 0 Å². The van der Waals surface area contributed by atoms with E-state index >= 15 is 0 Å². The van der Waals surface area contributed by atoms with Crippen molar-refractivity contribution in [1.29, 1.82) is 0 Å². The lowest BCUT2D eigenvalue weighted by molar-refractivity contribution is 0.199. The molecular weight excluding hydrogens is 160 g/mol. The van der Waals surface area contributed by atoms with Gasteiger partial charge in [-0.1, -0.05) is 36.4 Å². The van der Waals surface area contributed by atoms with E-state index in [2.05, 4.69) is 4.74 Å². The zero-order chi connectivity index (χ0) is 8.93. The lowest BCUT2D eigenvalue weighted by Crippen LogP contribution is -1.77. The topological polar surface area (TPSA) is 12.8 Å². The van der Waals surface area contributed by atoms with Gasteiger partial charge < -0.3 is 4.74 Å². The Kier molecular flexibility index (Phi) is 2.28. The molecule has 0 heterocycles. The Labute approximate surface area is 77.6 Å². The Hall–Kier alpha value is -1.76. The zero-order valence-corrected chi connectivity index (χ0v) is 7.22. The van der Waals surface area contributed by atoms with Crippen LogP contribution in [0.3, 0.4) is 0 Å². The second-order valence-electron chi connectivity index (χ2n) is 2.78. The molecule has 0 aliphatic carbocycles. The predicted octanol–water partition coefficient (Wildman–Crippen LogP) is 3.34. The number of ether oxygens (including phenoxy) is 1. The summed E-state index contributed by atoms with van der Waals surface area (Å²) in [6.45, 7) is 0. The largest absolute Gasteiger partial charge is 0.546 e. The first-order valence-electron chi connectivity index (χ1n) is 4.27. The first-order valence-corrected chi connectivity index (χ1v) is 4.27. The Morgan fingerprint density at radius 2 is 0.923 bits per heavy atom. The molecule has 1 N–H and O–H groups in total. The molecular formula is C12H11O+. The maximum atomic E-state index is 4.44. The first kappa shape index (κ1) is 7.87. The van der Waals surface area contributed by atoms with E-state index in [0.717, 1.165) is 11.5 Å². The third-order valence-electron chi connectivity index (χ3n) is 1.77. The van der Waals surface area contributed by atoms with Crippen LogP contribution in [0.25, 0.3) is 0 Å². The molecule has 0 aromatic heterocycles. The van der Waals surface area contributed by atoms with Gasteiger partial charge in [-0.05, 0) is 0 Å². The minimum Gasteiger partial charge on any atom is -0.546 e. The van der Waals surface area contributed by atoms with Crippen molar-refractivity contribution >= 4 is 0 Å². The molecule has 64 valence electrons. The van der Waals surface area contributed by atoms with Crippen LogP contribution in [0.5, 0.6) is 11.5 Å². The van der Waals surface area contributed by atoms with Gasteiger partial charge in [-0.15, -0.1) is 0 Å². The molecule has 13 heavy (non-hydrogen) atoms. The highest BCUT2D eigenvalue weighted by atomic mass is 16.5. The van der Waals surface area contributed by atoms with Gasteiger partial charge >= 0.3 is 0 Å². The fraction of sp³-hybridized carbons (Fsp3) is 0. The number of para-hydroxylation sites is 2. The average Bonchev–Trinajstić information content (AvgIpc) is 2.21. The van der Waals surface area contributed by atoms with Gasteiger partial charge in [-0.2, -0.15) is 0 Å². The lowest BCUT2D eigenvalue weighted by atomic mass is 10.3. The highest BCUT2D eigenvalue weighted by Gasteiger charge is 1.98. The number of hydrogen-bond acceptors (Lipinski definition) is 0. The van der Waals surface area contributed by atoms with E-state index in [-0.39, 0.29) is 0 Å². The molecule has 2 aromatic carbocycles. The number of aromatic hydroxyl groups is 2. The van der Waals surface area contributed by atoms with E-state index < -0.39 is 0 Å². The van der Waals surface area contributed by atoms with Gasteiger partial charge in [-0.3, -0.25) is 0 Å². The molecule has 0 aliphatic heterocycles. The molecule has 0 saturated heterocycles. The number of rotatable bonds is 2. The molecule has 0 saturated carbocycles. The maximum absolute atomic E-state index is 4.44. The van der Waals surface area contributed by atoms with Crippen molar-refractivity contribution in [1.82, 2.24) is 0 Å². The third kappa shape index (κ3) is 2.09. The van der Waals surface area contributed by atoms with Crippen molar-refractivity contribution in [3.05, 3.63) is 60.7 Å². The molecule has 0 aliphatic rings. The molecule has 0 radical (unpaired) electrons. The smallest absolute Gasteiger partial charge is 0.260 e. The van der Waals surface area contributed by atoms with Crippen molar-refractivity contribution in [2.24, 2.45) is 0 Å². The molecule has 0 spiro atoms. The van der Waals surface area contributed by atoms with Crippen LogP contribution >= 0.6 is 0 Å². The molecule has 0 bridgehead atoms. The van der Waals surface area contributed by atoms with Crippen molar-refractivity contribution in [3.8, 4) is 11.5 Å². The summed E-state index contributed by atoms with van der Waals surface area (Å²) in [5.41, 5.74) is 0. The third-order valence-corrected chi connectivity index (χ3v) is 1.77. The Bertz CT molecular complexity index is 316. The molecule has 1 heteroatoms. The molecule has 2 aromatic rings. The van der Waals surface area contributed by atoms with Gasteiger partial charge in [0, 0.05) is 24.3 Å². The lowest BCUT2D eigenvalue weighted by Gasteiger charge is -2.00. The summed E-state index contributed by atoms with van der Waals surface area (Å²) in [7, 11) is 0. The summed E-state index contributed by atoms with van der Waals surface area (Å²) < 4.78 is 4.44. The van der Waals surface area contributed by atoms with Crippen LogP contribution in [0.15, 0.2) is 60.7 Å². The summed E-state index contributed by atoms with van der Waals surface area (Å²) in [5, 5.41) is 0. The van der Waals surface area contributed by atoms with Crippen molar-refractivity contribution in [2.45, 2.75) is 0 Å². The minimum absolute atomic E-state index is 0.994. The fourth-order valence-corrected chi connectivity index (χ4v) is 1.15. The van der Waals surface area contributed by atoms with Crippen LogP contribution in [-0.4, -0.2) is 4.74 Å². The van der Waals surface area contributed by atoms with Gasteiger partial charge in [-0.25, -0.2) is 0 Å². The molecule has 0 atom stereocenters. The minimum atomic E-state index is 0.994. The number of hydrogen-bond donors (Lipinski definition) is 0. The Morgan fingerprint density at radius 3 is 1.31 bits per heavy atom. The second kappa shape index (κ2) is 3.76. The van der Waals surface area contributed by atoms with E-state index in [9.17, 15) is 0 Å². The molecule has 2 rings (SSSR count). The summed E-state index contributed by atoms with van der Waals surface area (Å²) in [6, 6.07) is 19.9. The van der Waals surface area contributed by atoms with Crippen molar-refractivity contribution in [2.75, 3.05) is 0 Å². The maximum Gasteiger partial charge on any atom is 0.260 e. The SMILES string of the molecule is c1ccc([OH+]c2ccccc2)cc1. The van der Waals surface area contributed by atoms with Crippen molar-refractivity contribution in [3.63, 3.8) is 0 Å². The quantitative estimate of drug-likeness (QED) is 0.615. The molecule has 1 nitrogen and oxygen atoms in total. The first-order chi connectivity index (χ1) is 6.45. The van der Waals surface area contributed by atoms with Gasteiger partial charge in [0.15, 0.2) is 0 Å². The molecule has 0 unspecified atom stereocenters. The predicted molar refractivity (Wildman–Crippen MR) is 54.0 cm³/mol. The second-order valence-corrected chi connectivity index (χ2v) is 2.78.